The number of rotatable bonds is 3. The van der Waals surface area contributed by atoms with E-state index in [1.54, 1.807) is 0 Å². The Morgan fingerprint density at radius 3 is 2.59 bits per heavy atom. The zero-order valence-corrected chi connectivity index (χ0v) is 11.8. The van der Waals surface area contributed by atoms with Gasteiger partial charge in [0.05, 0.1) is 0 Å². The summed E-state index contributed by atoms with van der Waals surface area (Å²) < 4.78 is 68.4. The number of carbonyl (C=O) groups excluding carboxylic acids is 2. The maximum absolute atomic E-state index is 13.9. The van der Waals surface area contributed by atoms with E-state index in [1.165, 1.54) is 6.92 Å². The van der Waals surface area contributed by atoms with E-state index in [0.717, 1.165) is 6.92 Å². The molecule has 22 heavy (non-hydrogen) atoms. The highest BCUT2D eigenvalue weighted by molar-refractivity contribution is 5.83. The van der Waals surface area contributed by atoms with Gasteiger partial charge in [-0.3, -0.25) is 4.79 Å². The maximum Gasteiger partial charge on any atom is 0.407 e. The quantitative estimate of drug-likeness (QED) is 0.583. The van der Waals surface area contributed by atoms with Crippen molar-refractivity contribution >= 4 is 11.9 Å². The minimum atomic E-state index is -4.81. The largest absolute Gasteiger partial charge is 0.455 e. The van der Waals surface area contributed by atoms with Gasteiger partial charge >= 0.3 is 18.1 Å². The molecule has 0 spiro atoms. The van der Waals surface area contributed by atoms with Gasteiger partial charge in [0.2, 0.25) is 5.67 Å². The van der Waals surface area contributed by atoms with E-state index in [2.05, 4.69) is 0 Å². The lowest BCUT2D eigenvalue weighted by atomic mass is 9.73. The number of alkyl halides is 4. The molecule has 6 atom stereocenters. The Labute approximate surface area is 122 Å². The fourth-order valence-corrected chi connectivity index (χ4v) is 3.20. The Morgan fingerprint density at radius 1 is 1.41 bits per heavy atom. The Balaban J connectivity index is 1.83. The smallest absolute Gasteiger partial charge is 0.407 e. The van der Waals surface area contributed by atoms with Gasteiger partial charge in [0.25, 0.3) is 0 Å². The molecular formula is C13H14F4O5. The van der Waals surface area contributed by atoms with Gasteiger partial charge in [-0.05, 0) is 13.3 Å². The van der Waals surface area contributed by atoms with Crippen LogP contribution in [0.25, 0.3) is 0 Å². The molecule has 0 aliphatic carbocycles. The number of hydrogen-bond acceptors (Lipinski definition) is 5. The summed E-state index contributed by atoms with van der Waals surface area (Å²) in [6.07, 6.45) is -10.9. The van der Waals surface area contributed by atoms with Crippen molar-refractivity contribution in [2.24, 2.45) is 5.41 Å². The van der Waals surface area contributed by atoms with Crippen molar-refractivity contribution in [1.29, 1.82) is 0 Å². The second-order valence-corrected chi connectivity index (χ2v) is 6.06. The number of hydrogen-bond donors (Lipinski definition) is 0. The third-order valence-electron chi connectivity index (χ3n) is 4.76. The molecule has 0 aromatic rings. The predicted molar refractivity (Wildman–Crippen MR) is 61.3 cm³/mol. The van der Waals surface area contributed by atoms with Crippen LogP contribution in [-0.2, 0) is 23.8 Å². The van der Waals surface area contributed by atoms with Crippen molar-refractivity contribution in [2.75, 3.05) is 0 Å². The SMILES string of the molecule is CCC(C)(F)C(=O)OC1C2CC3(C(F)(F)F)C(=O)OC1C3O2. The van der Waals surface area contributed by atoms with Crippen LogP contribution in [0.1, 0.15) is 26.7 Å². The first-order valence-electron chi connectivity index (χ1n) is 6.88. The fourth-order valence-electron chi connectivity index (χ4n) is 3.20. The van der Waals surface area contributed by atoms with Gasteiger partial charge in [-0.25, -0.2) is 9.18 Å². The van der Waals surface area contributed by atoms with E-state index < -0.39 is 60.0 Å². The van der Waals surface area contributed by atoms with E-state index in [1.807, 2.05) is 0 Å². The molecule has 3 heterocycles. The van der Waals surface area contributed by atoms with E-state index in [-0.39, 0.29) is 6.42 Å². The molecule has 0 saturated carbocycles. The average Bonchev–Trinajstić information content (AvgIpc) is 3.00. The van der Waals surface area contributed by atoms with Crippen LogP contribution >= 0.6 is 0 Å². The molecule has 3 aliphatic heterocycles. The number of ether oxygens (including phenoxy) is 3. The van der Waals surface area contributed by atoms with Crippen molar-refractivity contribution in [3.8, 4) is 0 Å². The molecule has 3 fully saturated rings. The van der Waals surface area contributed by atoms with Crippen LogP contribution in [0.5, 0.6) is 0 Å². The van der Waals surface area contributed by atoms with Crippen molar-refractivity contribution in [3.63, 3.8) is 0 Å². The maximum atomic E-state index is 13.9. The molecule has 0 aromatic heterocycles. The van der Waals surface area contributed by atoms with Crippen molar-refractivity contribution in [1.82, 2.24) is 0 Å². The molecular weight excluding hydrogens is 312 g/mol. The molecule has 9 heteroatoms. The Bertz CT molecular complexity index is 531. The zero-order chi connectivity index (χ0) is 16.5. The summed E-state index contributed by atoms with van der Waals surface area (Å²) in [5.41, 5.74) is -4.96. The molecule has 3 rings (SSSR count). The monoisotopic (exact) mass is 326 g/mol. The number of halogens is 4. The minimum absolute atomic E-state index is 0.148. The first-order valence-corrected chi connectivity index (χ1v) is 6.88. The Kier molecular flexibility index (Phi) is 3.06. The highest BCUT2D eigenvalue weighted by atomic mass is 19.4. The summed E-state index contributed by atoms with van der Waals surface area (Å²) in [5, 5.41) is 0. The molecule has 0 amide bonds. The molecule has 0 aromatic carbocycles. The normalized spacial score (nSPS) is 42.2. The van der Waals surface area contributed by atoms with Gasteiger partial charge in [-0.1, -0.05) is 6.92 Å². The first kappa shape index (κ1) is 15.5. The van der Waals surface area contributed by atoms with E-state index in [0.29, 0.717) is 0 Å². The molecule has 2 bridgehead atoms. The lowest BCUT2D eigenvalue weighted by molar-refractivity contribution is -0.228. The fraction of sp³-hybridized carbons (Fsp3) is 0.846. The molecule has 3 aliphatic rings. The van der Waals surface area contributed by atoms with Gasteiger partial charge in [-0.2, -0.15) is 13.2 Å². The predicted octanol–water partition coefficient (Wildman–Crippen LogP) is 1.68. The molecule has 3 saturated heterocycles. The lowest BCUT2D eigenvalue weighted by Gasteiger charge is -2.31. The summed E-state index contributed by atoms with van der Waals surface area (Å²) >= 11 is 0. The van der Waals surface area contributed by atoms with Gasteiger partial charge in [0, 0.05) is 6.42 Å². The number of fused-ring (bicyclic) bond motifs is 1. The highest BCUT2D eigenvalue weighted by Gasteiger charge is 2.82. The average molecular weight is 326 g/mol. The standard InChI is InChI=1S/C13H14F4O5/c1-3-11(2,14)9(18)21-6-5-4-12(13(15,16)17)8(20-5)7(6)22-10(12)19/h5-8H,3-4H2,1-2H3. The summed E-state index contributed by atoms with van der Waals surface area (Å²) in [4.78, 5) is 23.5. The third kappa shape index (κ3) is 1.74. The molecule has 5 nitrogen and oxygen atoms in total. The first-order chi connectivity index (χ1) is 10.0. The van der Waals surface area contributed by atoms with Crippen LogP contribution in [0.2, 0.25) is 0 Å². The lowest BCUT2D eigenvalue weighted by Crippen LogP contribution is -2.52. The van der Waals surface area contributed by atoms with Crippen LogP contribution < -0.4 is 0 Å². The second kappa shape index (κ2) is 4.33. The molecule has 0 N–H and O–H groups in total. The van der Waals surface area contributed by atoms with Crippen molar-refractivity contribution in [3.05, 3.63) is 0 Å². The van der Waals surface area contributed by atoms with Gasteiger partial charge < -0.3 is 14.2 Å². The summed E-state index contributed by atoms with van der Waals surface area (Å²) in [7, 11) is 0. The molecule has 124 valence electrons. The van der Waals surface area contributed by atoms with E-state index >= 15 is 0 Å². The summed E-state index contributed by atoms with van der Waals surface area (Å²) in [6.45, 7) is 2.45. The molecule has 0 radical (unpaired) electrons. The molecule has 6 unspecified atom stereocenters. The van der Waals surface area contributed by atoms with Crippen molar-refractivity contribution in [2.45, 2.75) is 63.0 Å². The van der Waals surface area contributed by atoms with Gasteiger partial charge in [0.15, 0.2) is 17.6 Å². The summed E-state index contributed by atoms with van der Waals surface area (Å²) in [6, 6.07) is 0. The van der Waals surface area contributed by atoms with E-state index in [9.17, 15) is 27.2 Å². The zero-order valence-electron chi connectivity index (χ0n) is 11.8. The Hall–Kier alpha value is -1.38. The van der Waals surface area contributed by atoms with Crippen LogP contribution in [0.3, 0.4) is 0 Å². The topological polar surface area (TPSA) is 61.8 Å². The number of esters is 2. The van der Waals surface area contributed by atoms with Crippen LogP contribution in [0.15, 0.2) is 0 Å². The van der Waals surface area contributed by atoms with Crippen LogP contribution in [0, 0.1) is 5.41 Å². The van der Waals surface area contributed by atoms with Gasteiger partial charge in [-0.15, -0.1) is 0 Å². The third-order valence-corrected chi connectivity index (χ3v) is 4.76. The Morgan fingerprint density at radius 2 is 2.05 bits per heavy atom. The van der Waals surface area contributed by atoms with Crippen LogP contribution in [0.4, 0.5) is 17.6 Å². The second-order valence-electron chi connectivity index (χ2n) is 6.06. The summed E-state index contributed by atoms with van der Waals surface area (Å²) in [5.74, 6) is -2.62. The highest BCUT2D eigenvalue weighted by Crippen LogP contribution is 2.62. The van der Waals surface area contributed by atoms with Crippen molar-refractivity contribution < 1.29 is 41.4 Å². The van der Waals surface area contributed by atoms with E-state index in [4.69, 9.17) is 14.2 Å². The van der Waals surface area contributed by atoms with Gasteiger partial charge in [0.1, 0.15) is 12.2 Å². The van der Waals surface area contributed by atoms with Crippen LogP contribution in [-0.4, -0.2) is 48.2 Å². The number of carbonyl (C=O) groups is 2. The minimum Gasteiger partial charge on any atom is -0.455 e.